The zero-order valence-corrected chi connectivity index (χ0v) is 8.52. The molecule has 0 unspecified atom stereocenters. The van der Waals surface area contributed by atoms with Crippen LogP contribution in [0.5, 0.6) is 0 Å². The van der Waals surface area contributed by atoms with Gasteiger partial charge in [0.05, 0.1) is 6.10 Å². The first-order valence-electron chi connectivity index (χ1n) is 4.51. The molecular weight excluding hydrogens is 136 g/mol. The zero-order valence-electron chi connectivity index (χ0n) is 8.52. The average molecular weight is 158 g/mol. The van der Waals surface area contributed by atoms with E-state index >= 15 is 0 Å². The maximum absolute atomic E-state index is 9.49. The highest BCUT2D eigenvalue weighted by molar-refractivity contribution is 4.67. The van der Waals surface area contributed by atoms with Gasteiger partial charge in [0.1, 0.15) is 0 Å². The van der Waals surface area contributed by atoms with Crippen LogP contribution in [0, 0.1) is 11.3 Å². The average Bonchev–Trinajstić information content (AvgIpc) is 1.80. The fourth-order valence-corrected chi connectivity index (χ4v) is 0.914. The predicted molar refractivity (Wildman–Crippen MR) is 49.5 cm³/mol. The van der Waals surface area contributed by atoms with E-state index in [0.29, 0.717) is 11.3 Å². The summed E-state index contributed by atoms with van der Waals surface area (Å²) < 4.78 is 0. The lowest BCUT2D eigenvalue weighted by Crippen LogP contribution is -2.17. The largest absolute Gasteiger partial charge is 0.393 e. The van der Waals surface area contributed by atoms with Crippen molar-refractivity contribution in [3.05, 3.63) is 0 Å². The molecule has 0 aromatic heterocycles. The molecule has 0 heterocycles. The number of aliphatic hydroxyl groups is 1. The van der Waals surface area contributed by atoms with Gasteiger partial charge >= 0.3 is 0 Å². The van der Waals surface area contributed by atoms with E-state index in [9.17, 15) is 5.11 Å². The van der Waals surface area contributed by atoms with Gasteiger partial charge in [-0.05, 0) is 24.2 Å². The van der Waals surface area contributed by atoms with Crippen LogP contribution in [0.25, 0.3) is 0 Å². The summed E-state index contributed by atoms with van der Waals surface area (Å²) in [7, 11) is 0. The molecule has 0 saturated heterocycles. The second-order valence-electron chi connectivity index (χ2n) is 4.91. The molecule has 0 spiro atoms. The maximum atomic E-state index is 9.49. The molecule has 0 aliphatic carbocycles. The van der Waals surface area contributed by atoms with Crippen LogP contribution in [0.1, 0.15) is 47.5 Å². The van der Waals surface area contributed by atoms with E-state index in [0.717, 1.165) is 12.8 Å². The van der Waals surface area contributed by atoms with Crippen molar-refractivity contribution in [2.24, 2.45) is 11.3 Å². The first kappa shape index (κ1) is 11.0. The minimum Gasteiger partial charge on any atom is -0.393 e. The highest BCUT2D eigenvalue weighted by Gasteiger charge is 2.15. The van der Waals surface area contributed by atoms with Crippen LogP contribution >= 0.6 is 0 Å². The van der Waals surface area contributed by atoms with E-state index in [4.69, 9.17) is 0 Å². The van der Waals surface area contributed by atoms with Crippen molar-refractivity contribution < 1.29 is 5.11 Å². The Hall–Kier alpha value is -0.0400. The fourth-order valence-electron chi connectivity index (χ4n) is 0.914. The molecule has 0 amide bonds. The van der Waals surface area contributed by atoms with Crippen molar-refractivity contribution in [1.29, 1.82) is 0 Å². The maximum Gasteiger partial charge on any atom is 0.0563 e. The molecule has 1 atom stereocenters. The molecule has 0 aromatic carbocycles. The highest BCUT2D eigenvalue weighted by Crippen LogP contribution is 2.23. The summed E-state index contributed by atoms with van der Waals surface area (Å²) in [5.74, 6) is 0.400. The van der Waals surface area contributed by atoms with Crippen LogP contribution in [-0.4, -0.2) is 11.2 Å². The first-order valence-corrected chi connectivity index (χ1v) is 4.51. The lowest BCUT2D eigenvalue weighted by molar-refractivity contribution is 0.102. The van der Waals surface area contributed by atoms with Gasteiger partial charge in [0.25, 0.3) is 0 Å². The number of hydrogen-bond donors (Lipinski definition) is 1. The molecule has 0 aromatic rings. The van der Waals surface area contributed by atoms with Crippen molar-refractivity contribution in [1.82, 2.24) is 0 Å². The van der Waals surface area contributed by atoms with Crippen molar-refractivity contribution in [3.8, 4) is 0 Å². The lowest BCUT2D eigenvalue weighted by atomic mass is 9.87. The molecule has 0 bridgehead atoms. The monoisotopic (exact) mass is 158 g/mol. The van der Waals surface area contributed by atoms with E-state index in [1.165, 1.54) is 0 Å². The Kier molecular flexibility index (Phi) is 4.09. The van der Waals surface area contributed by atoms with Gasteiger partial charge in [0.2, 0.25) is 0 Å². The summed E-state index contributed by atoms with van der Waals surface area (Å²) in [6.07, 6.45) is 1.92. The van der Waals surface area contributed by atoms with Gasteiger partial charge in [-0.15, -0.1) is 0 Å². The van der Waals surface area contributed by atoms with E-state index in [1.807, 2.05) is 0 Å². The molecule has 0 aliphatic heterocycles. The van der Waals surface area contributed by atoms with Gasteiger partial charge in [-0.25, -0.2) is 0 Å². The van der Waals surface area contributed by atoms with Crippen LogP contribution in [-0.2, 0) is 0 Å². The number of hydrogen-bond acceptors (Lipinski definition) is 1. The van der Waals surface area contributed by atoms with Crippen LogP contribution in [0.4, 0.5) is 0 Å². The van der Waals surface area contributed by atoms with Crippen molar-refractivity contribution >= 4 is 0 Å². The summed E-state index contributed by atoms with van der Waals surface area (Å²) in [5, 5.41) is 9.49. The van der Waals surface area contributed by atoms with Crippen LogP contribution in [0.3, 0.4) is 0 Å². The van der Waals surface area contributed by atoms with Gasteiger partial charge < -0.3 is 5.11 Å². The van der Waals surface area contributed by atoms with Crippen LogP contribution in [0.15, 0.2) is 0 Å². The third kappa shape index (κ3) is 6.36. The van der Waals surface area contributed by atoms with Gasteiger partial charge in [-0.3, -0.25) is 0 Å². The molecule has 1 nitrogen and oxygen atoms in total. The van der Waals surface area contributed by atoms with E-state index in [1.54, 1.807) is 0 Å². The van der Waals surface area contributed by atoms with Gasteiger partial charge in [-0.1, -0.05) is 34.6 Å². The van der Waals surface area contributed by atoms with E-state index < -0.39 is 0 Å². The Labute approximate surface area is 70.8 Å². The van der Waals surface area contributed by atoms with Crippen LogP contribution in [0.2, 0.25) is 0 Å². The molecule has 0 saturated carbocycles. The standard InChI is InChI=1S/C10H22O/c1-8(2)9(11)6-7-10(3,4)5/h8-9,11H,6-7H2,1-5H3/t9-/m1/s1. The molecule has 0 radical (unpaired) electrons. The summed E-state index contributed by atoms with van der Waals surface area (Å²) in [4.78, 5) is 0. The summed E-state index contributed by atoms with van der Waals surface area (Å²) >= 11 is 0. The van der Waals surface area contributed by atoms with E-state index in [2.05, 4.69) is 34.6 Å². The summed E-state index contributed by atoms with van der Waals surface area (Å²) in [6.45, 7) is 10.8. The van der Waals surface area contributed by atoms with E-state index in [-0.39, 0.29) is 6.10 Å². The summed E-state index contributed by atoms with van der Waals surface area (Å²) in [6, 6.07) is 0. The first-order chi connectivity index (χ1) is 4.83. The van der Waals surface area contributed by atoms with Gasteiger partial charge in [0.15, 0.2) is 0 Å². The Morgan fingerprint density at radius 2 is 1.64 bits per heavy atom. The minimum absolute atomic E-state index is 0.116. The number of aliphatic hydroxyl groups excluding tert-OH is 1. The molecule has 1 N–H and O–H groups in total. The van der Waals surface area contributed by atoms with Gasteiger partial charge in [0, 0.05) is 0 Å². The molecule has 0 fully saturated rings. The predicted octanol–water partition coefficient (Wildman–Crippen LogP) is 2.83. The summed E-state index contributed by atoms with van der Waals surface area (Å²) in [5.41, 5.74) is 0.357. The van der Waals surface area contributed by atoms with Gasteiger partial charge in [-0.2, -0.15) is 0 Å². The number of rotatable bonds is 3. The third-order valence-electron chi connectivity index (χ3n) is 1.96. The molecule has 1 heteroatoms. The Bertz CT molecular complexity index is 99.9. The second-order valence-corrected chi connectivity index (χ2v) is 4.91. The topological polar surface area (TPSA) is 20.2 Å². The fraction of sp³-hybridized carbons (Fsp3) is 1.00. The van der Waals surface area contributed by atoms with Crippen molar-refractivity contribution in [2.75, 3.05) is 0 Å². The van der Waals surface area contributed by atoms with Crippen LogP contribution < -0.4 is 0 Å². The highest BCUT2D eigenvalue weighted by atomic mass is 16.3. The molecule has 0 rings (SSSR count). The Morgan fingerprint density at radius 1 is 1.18 bits per heavy atom. The smallest absolute Gasteiger partial charge is 0.0563 e. The van der Waals surface area contributed by atoms with Crippen molar-refractivity contribution in [2.45, 2.75) is 53.6 Å². The second kappa shape index (κ2) is 4.10. The third-order valence-corrected chi connectivity index (χ3v) is 1.96. The normalized spacial score (nSPS) is 15.5. The molecule has 0 aliphatic rings. The SMILES string of the molecule is CC(C)[C@H](O)CCC(C)(C)C. The molecule has 11 heavy (non-hydrogen) atoms. The lowest BCUT2D eigenvalue weighted by Gasteiger charge is -2.21. The zero-order chi connectivity index (χ0) is 9.07. The Morgan fingerprint density at radius 3 is 1.91 bits per heavy atom. The Balaban J connectivity index is 3.54. The molecule has 68 valence electrons. The quantitative estimate of drug-likeness (QED) is 0.669. The minimum atomic E-state index is -0.116. The van der Waals surface area contributed by atoms with Crippen molar-refractivity contribution in [3.63, 3.8) is 0 Å². The molecular formula is C10H22O.